The van der Waals surface area contributed by atoms with Gasteiger partial charge >= 0.3 is 0 Å². The summed E-state index contributed by atoms with van der Waals surface area (Å²) >= 11 is 0. The average molecular weight is 264 g/mol. The second-order valence-electron chi connectivity index (χ2n) is 6.03. The van der Waals surface area contributed by atoms with Crippen LogP contribution in [0.1, 0.15) is 25.7 Å². The SMILES string of the molecule is CN1C2CCC1CC(CO)(Nc1cccc(F)c1)C2. The first-order chi connectivity index (χ1) is 9.12. The summed E-state index contributed by atoms with van der Waals surface area (Å²) in [5.74, 6) is -0.242. The second-order valence-corrected chi connectivity index (χ2v) is 6.03. The molecule has 0 saturated carbocycles. The highest BCUT2D eigenvalue weighted by Gasteiger charge is 2.46. The number of hydrogen-bond acceptors (Lipinski definition) is 3. The number of anilines is 1. The molecule has 2 unspecified atom stereocenters. The van der Waals surface area contributed by atoms with E-state index in [1.165, 1.54) is 25.0 Å². The van der Waals surface area contributed by atoms with Crippen molar-refractivity contribution in [3.63, 3.8) is 0 Å². The fraction of sp³-hybridized carbons (Fsp3) is 0.600. The van der Waals surface area contributed by atoms with Gasteiger partial charge in [-0.25, -0.2) is 4.39 Å². The van der Waals surface area contributed by atoms with Crippen molar-refractivity contribution in [1.29, 1.82) is 0 Å². The van der Waals surface area contributed by atoms with Gasteiger partial charge < -0.3 is 15.3 Å². The lowest BCUT2D eigenvalue weighted by Gasteiger charge is -2.45. The molecule has 104 valence electrons. The van der Waals surface area contributed by atoms with Crippen molar-refractivity contribution in [2.45, 2.75) is 43.3 Å². The Morgan fingerprint density at radius 1 is 1.37 bits per heavy atom. The molecule has 2 fully saturated rings. The minimum absolute atomic E-state index is 0.102. The van der Waals surface area contributed by atoms with E-state index in [1.54, 1.807) is 6.07 Å². The van der Waals surface area contributed by atoms with Crippen molar-refractivity contribution in [2.75, 3.05) is 19.0 Å². The Balaban J connectivity index is 1.81. The smallest absolute Gasteiger partial charge is 0.125 e. The van der Waals surface area contributed by atoms with Crippen LogP contribution in [-0.4, -0.2) is 41.3 Å². The van der Waals surface area contributed by atoms with Crippen LogP contribution in [0, 0.1) is 5.82 Å². The van der Waals surface area contributed by atoms with Crippen molar-refractivity contribution in [3.8, 4) is 0 Å². The molecule has 2 N–H and O–H groups in total. The summed E-state index contributed by atoms with van der Waals surface area (Å²) in [6.07, 6.45) is 4.25. The molecule has 2 aliphatic heterocycles. The first kappa shape index (κ1) is 12.9. The highest BCUT2D eigenvalue weighted by Crippen LogP contribution is 2.41. The van der Waals surface area contributed by atoms with E-state index in [0.29, 0.717) is 12.1 Å². The fourth-order valence-electron chi connectivity index (χ4n) is 3.71. The molecule has 0 spiro atoms. The molecule has 2 heterocycles. The number of halogens is 1. The highest BCUT2D eigenvalue weighted by atomic mass is 19.1. The van der Waals surface area contributed by atoms with Crippen molar-refractivity contribution in [1.82, 2.24) is 4.90 Å². The van der Waals surface area contributed by atoms with Crippen LogP contribution < -0.4 is 5.32 Å². The number of nitrogens with one attached hydrogen (secondary N) is 1. The second kappa shape index (κ2) is 4.76. The largest absolute Gasteiger partial charge is 0.394 e. The quantitative estimate of drug-likeness (QED) is 0.878. The Morgan fingerprint density at radius 2 is 2.05 bits per heavy atom. The Labute approximate surface area is 113 Å². The number of hydrogen-bond donors (Lipinski definition) is 2. The van der Waals surface area contributed by atoms with Gasteiger partial charge in [0.1, 0.15) is 5.82 Å². The van der Waals surface area contributed by atoms with Gasteiger partial charge in [-0.15, -0.1) is 0 Å². The van der Waals surface area contributed by atoms with Crippen molar-refractivity contribution in [3.05, 3.63) is 30.1 Å². The van der Waals surface area contributed by atoms with Crippen LogP contribution in [0.5, 0.6) is 0 Å². The Hall–Kier alpha value is -1.13. The Morgan fingerprint density at radius 3 is 2.63 bits per heavy atom. The first-order valence-electron chi connectivity index (χ1n) is 6.98. The molecule has 2 atom stereocenters. The van der Waals surface area contributed by atoms with Gasteiger partial charge in [0.05, 0.1) is 12.1 Å². The molecule has 2 bridgehead atoms. The van der Waals surface area contributed by atoms with Gasteiger partial charge in [-0.1, -0.05) is 6.07 Å². The summed E-state index contributed by atoms with van der Waals surface area (Å²) in [5.41, 5.74) is 0.463. The summed E-state index contributed by atoms with van der Waals surface area (Å²) in [6, 6.07) is 7.57. The maximum absolute atomic E-state index is 13.3. The van der Waals surface area contributed by atoms with Crippen molar-refractivity contribution in [2.24, 2.45) is 0 Å². The summed E-state index contributed by atoms with van der Waals surface area (Å²) in [4.78, 5) is 2.43. The number of aliphatic hydroxyl groups excluding tert-OH is 1. The minimum atomic E-state index is -0.299. The zero-order valence-corrected chi connectivity index (χ0v) is 11.3. The molecular weight excluding hydrogens is 243 g/mol. The lowest BCUT2D eigenvalue weighted by Crippen LogP contribution is -2.55. The maximum Gasteiger partial charge on any atom is 0.125 e. The molecule has 1 aromatic rings. The van der Waals surface area contributed by atoms with E-state index in [9.17, 15) is 9.50 Å². The van der Waals surface area contributed by atoms with E-state index in [1.807, 2.05) is 6.07 Å². The third-order valence-electron chi connectivity index (χ3n) is 4.77. The van der Waals surface area contributed by atoms with E-state index < -0.39 is 0 Å². The zero-order valence-electron chi connectivity index (χ0n) is 11.3. The first-order valence-corrected chi connectivity index (χ1v) is 6.98. The fourth-order valence-corrected chi connectivity index (χ4v) is 3.71. The highest BCUT2D eigenvalue weighted by molar-refractivity contribution is 5.46. The van der Waals surface area contributed by atoms with E-state index in [4.69, 9.17) is 0 Å². The molecule has 0 aromatic heterocycles. The maximum atomic E-state index is 13.3. The molecule has 0 aliphatic carbocycles. The molecule has 1 aromatic carbocycles. The standard InChI is InChI=1S/C15H21FN2O/c1-18-13-5-6-14(18)9-15(8-13,10-19)17-12-4-2-3-11(16)7-12/h2-4,7,13-14,17,19H,5-6,8-10H2,1H3. The van der Waals surface area contributed by atoms with Crippen molar-refractivity contribution >= 4 is 5.69 Å². The summed E-state index contributed by atoms with van der Waals surface area (Å²) in [7, 11) is 2.17. The van der Waals surface area contributed by atoms with Gasteiger partial charge in [0, 0.05) is 17.8 Å². The Kier molecular flexibility index (Phi) is 3.23. The van der Waals surface area contributed by atoms with Crippen molar-refractivity contribution < 1.29 is 9.50 Å². The number of piperidine rings is 1. The molecule has 3 nitrogen and oxygen atoms in total. The predicted octanol–water partition coefficient (Wildman–Crippen LogP) is 2.23. The van der Waals surface area contributed by atoms with Crippen LogP contribution in [0.2, 0.25) is 0 Å². The third kappa shape index (κ3) is 2.35. The van der Waals surface area contributed by atoms with Crippen LogP contribution >= 0.6 is 0 Å². The lowest BCUT2D eigenvalue weighted by molar-refractivity contribution is 0.0833. The van der Waals surface area contributed by atoms with E-state index in [0.717, 1.165) is 18.5 Å². The van der Waals surface area contributed by atoms with Crippen LogP contribution in [0.15, 0.2) is 24.3 Å². The van der Waals surface area contributed by atoms with E-state index >= 15 is 0 Å². The summed E-state index contributed by atoms with van der Waals surface area (Å²) < 4.78 is 13.3. The van der Waals surface area contributed by atoms with Crippen LogP contribution in [-0.2, 0) is 0 Å². The number of fused-ring (bicyclic) bond motifs is 2. The number of nitrogens with zero attached hydrogens (tertiary/aromatic N) is 1. The summed E-state index contributed by atoms with van der Waals surface area (Å²) in [6.45, 7) is 0.102. The predicted molar refractivity (Wildman–Crippen MR) is 73.6 cm³/mol. The molecular formula is C15H21FN2O. The molecule has 2 saturated heterocycles. The van der Waals surface area contributed by atoms with E-state index in [2.05, 4.69) is 17.3 Å². The van der Waals surface area contributed by atoms with Crippen LogP contribution in [0.25, 0.3) is 0 Å². The molecule has 4 heteroatoms. The third-order valence-corrected chi connectivity index (χ3v) is 4.77. The summed E-state index contributed by atoms with van der Waals surface area (Å²) in [5, 5.41) is 13.2. The van der Waals surface area contributed by atoms with Crippen LogP contribution in [0.4, 0.5) is 10.1 Å². The van der Waals surface area contributed by atoms with Gasteiger partial charge in [0.25, 0.3) is 0 Å². The lowest BCUT2D eigenvalue weighted by atomic mass is 9.83. The minimum Gasteiger partial charge on any atom is -0.394 e. The van der Waals surface area contributed by atoms with Crippen LogP contribution in [0.3, 0.4) is 0 Å². The average Bonchev–Trinajstić information content (AvgIpc) is 2.63. The molecule has 0 amide bonds. The Bertz CT molecular complexity index is 451. The normalized spacial score (nSPS) is 34.5. The zero-order chi connectivity index (χ0) is 13.5. The number of benzene rings is 1. The molecule has 2 aliphatic rings. The number of aliphatic hydroxyl groups is 1. The number of rotatable bonds is 3. The molecule has 19 heavy (non-hydrogen) atoms. The van der Waals surface area contributed by atoms with Gasteiger partial charge in [-0.3, -0.25) is 0 Å². The topological polar surface area (TPSA) is 35.5 Å². The van der Waals surface area contributed by atoms with Gasteiger partial charge in [0.2, 0.25) is 0 Å². The molecule has 0 radical (unpaired) electrons. The monoisotopic (exact) mass is 264 g/mol. The van der Waals surface area contributed by atoms with Gasteiger partial charge in [-0.05, 0) is 50.9 Å². The van der Waals surface area contributed by atoms with Gasteiger partial charge in [0.15, 0.2) is 0 Å². The van der Waals surface area contributed by atoms with E-state index in [-0.39, 0.29) is 18.0 Å². The van der Waals surface area contributed by atoms with Gasteiger partial charge in [-0.2, -0.15) is 0 Å². The molecule has 3 rings (SSSR count).